The van der Waals surface area contributed by atoms with Crippen LogP contribution in [0.5, 0.6) is 0 Å². The molecule has 0 aliphatic rings. The molecule has 0 spiro atoms. The number of aliphatic carboxylic acids is 1. The molecule has 1 aromatic rings. The Kier molecular flexibility index (Phi) is 3.82. The van der Waals surface area contributed by atoms with Crippen molar-refractivity contribution in [1.82, 2.24) is 10.1 Å². The maximum atomic E-state index is 11.8. The molecular weight excluding hydrogens is 212 g/mol. The number of nitrogens with zero attached hydrogens (tertiary/aromatic N) is 2. The van der Waals surface area contributed by atoms with Crippen molar-refractivity contribution >= 4 is 11.9 Å². The van der Waals surface area contributed by atoms with Gasteiger partial charge in [0, 0.05) is 12.6 Å². The van der Waals surface area contributed by atoms with Gasteiger partial charge in [0.1, 0.15) is 6.54 Å². The van der Waals surface area contributed by atoms with Crippen LogP contribution in [0.3, 0.4) is 0 Å². The largest absolute Gasteiger partial charge is 0.480 e. The molecule has 1 N–H and O–H groups in total. The highest BCUT2D eigenvalue weighted by Gasteiger charge is 2.20. The van der Waals surface area contributed by atoms with Crippen molar-refractivity contribution in [3.05, 3.63) is 30.2 Å². The number of carboxylic acid groups (broad SMARTS) is 1. The van der Waals surface area contributed by atoms with Crippen molar-refractivity contribution in [3.8, 4) is 0 Å². The molecule has 6 heteroatoms. The Morgan fingerprint density at radius 3 is 2.81 bits per heavy atom. The Hall–Kier alpha value is -2.11. The second-order valence-corrected chi connectivity index (χ2v) is 3.20. The molecule has 0 aromatic carbocycles. The normalized spacial score (nSPS) is 9.81. The molecule has 0 fully saturated rings. The van der Waals surface area contributed by atoms with Crippen LogP contribution < -0.4 is 0 Å². The molecule has 16 heavy (non-hydrogen) atoms. The Morgan fingerprint density at radius 1 is 1.69 bits per heavy atom. The summed E-state index contributed by atoms with van der Waals surface area (Å²) in [5, 5.41) is 12.2. The monoisotopic (exact) mass is 224 g/mol. The molecule has 0 bridgehead atoms. The van der Waals surface area contributed by atoms with E-state index in [-0.39, 0.29) is 12.3 Å². The number of rotatable bonds is 5. The summed E-state index contributed by atoms with van der Waals surface area (Å²) in [7, 11) is 0. The number of hydrogen-bond donors (Lipinski definition) is 1. The maximum absolute atomic E-state index is 11.8. The summed E-state index contributed by atoms with van der Waals surface area (Å²) in [6, 6.07) is 1.46. The molecule has 1 rings (SSSR count). The van der Waals surface area contributed by atoms with Crippen molar-refractivity contribution in [3.63, 3.8) is 0 Å². The second kappa shape index (κ2) is 5.11. The number of amides is 1. The van der Waals surface area contributed by atoms with Gasteiger partial charge in [-0.15, -0.1) is 6.58 Å². The van der Waals surface area contributed by atoms with Crippen LogP contribution in [0, 0.1) is 6.92 Å². The smallest absolute Gasteiger partial charge is 0.323 e. The van der Waals surface area contributed by atoms with E-state index in [1.807, 2.05) is 0 Å². The van der Waals surface area contributed by atoms with Crippen molar-refractivity contribution < 1.29 is 19.2 Å². The molecule has 0 aliphatic carbocycles. The van der Waals surface area contributed by atoms with Crippen LogP contribution >= 0.6 is 0 Å². The fourth-order valence-electron chi connectivity index (χ4n) is 1.16. The van der Waals surface area contributed by atoms with Crippen molar-refractivity contribution in [1.29, 1.82) is 0 Å². The van der Waals surface area contributed by atoms with Crippen LogP contribution in [0.25, 0.3) is 0 Å². The lowest BCUT2D eigenvalue weighted by Gasteiger charge is -2.16. The Balaban J connectivity index is 2.81. The van der Waals surface area contributed by atoms with Gasteiger partial charge in [-0.05, 0) is 6.92 Å². The van der Waals surface area contributed by atoms with Gasteiger partial charge in [0.25, 0.3) is 5.91 Å². The third-order valence-corrected chi connectivity index (χ3v) is 1.80. The summed E-state index contributed by atoms with van der Waals surface area (Å²) in [5.74, 6) is -1.57. The third kappa shape index (κ3) is 2.94. The molecule has 86 valence electrons. The van der Waals surface area contributed by atoms with Gasteiger partial charge in [0.15, 0.2) is 0 Å². The minimum absolute atomic E-state index is 0.0283. The predicted octanol–water partition coefficient (Wildman–Crippen LogP) is 0.696. The van der Waals surface area contributed by atoms with E-state index >= 15 is 0 Å². The zero-order chi connectivity index (χ0) is 12.1. The molecule has 0 unspecified atom stereocenters. The summed E-state index contributed by atoms with van der Waals surface area (Å²) in [5.41, 5.74) is 0.567. The van der Waals surface area contributed by atoms with Crippen LogP contribution in [0.15, 0.2) is 23.2 Å². The fraction of sp³-hybridized carbons (Fsp3) is 0.300. The minimum Gasteiger partial charge on any atom is -0.480 e. The lowest BCUT2D eigenvalue weighted by atomic mass is 10.3. The zero-order valence-corrected chi connectivity index (χ0v) is 8.84. The van der Waals surface area contributed by atoms with E-state index in [9.17, 15) is 9.59 Å². The van der Waals surface area contributed by atoms with Gasteiger partial charge < -0.3 is 14.5 Å². The van der Waals surface area contributed by atoms with Crippen molar-refractivity contribution in [2.45, 2.75) is 6.92 Å². The van der Waals surface area contributed by atoms with Crippen molar-refractivity contribution in [2.24, 2.45) is 0 Å². The van der Waals surface area contributed by atoms with E-state index in [4.69, 9.17) is 9.63 Å². The highest BCUT2D eigenvalue weighted by Crippen LogP contribution is 2.06. The van der Waals surface area contributed by atoms with E-state index in [0.29, 0.717) is 5.69 Å². The lowest BCUT2D eigenvalue weighted by molar-refractivity contribution is -0.137. The first kappa shape index (κ1) is 12.0. The number of aryl methyl sites for hydroxylation is 1. The summed E-state index contributed by atoms with van der Waals surface area (Å²) in [6.45, 7) is 4.88. The van der Waals surface area contributed by atoms with E-state index in [0.717, 1.165) is 4.90 Å². The zero-order valence-electron chi connectivity index (χ0n) is 8.84. The van der Waals surface area contributed by atoms with Crippen LogP contribution in [-0.4, -0.2) is 40.1 Å². The van der Waals surface area contributed by atoms with Crippen LogP contribution in [0.2, 0.25) is 0 Å². The van der Waals surface area contributed by atoms with E-state index < -0.39 is 18.4 Å². The van der Waals surface area contributed by atoms with Crippen LogP contribution in [0.1, 0.15) is 16.2 Å². The van der Waals surface area contributed by atoms with E-state index in [2.05, 4.69) is 11.7 Å². The first-order valence-corrected chi connectivity index (χ1v) is 4.60. The average molecular weight is 224 g/mol. The first-order chi connectivity index (χ1) is 7.54. The van der Waals surface area contributed by atoms with Gasteiger partial charge in [0.2, 0.25) is 5.76 Å². The number of carboxylic acids is 1. The number of hydrogen-bond acceptors (Lipinski definition) is 4. The fourth-order valence-corrected chi connectivity index (χ4v) is 1.16. The van der Waals surface area contributed by atoms with Gasteiger partial charge in [-0.3, -0.25) is 9.59 Å². The Morgan fingerprint density at radius 2 is 2.38 bits per heavy atom. The SMILES string of the molecule is C=CCN(CC(=O)O)C(=O)c1cc(C)no1. The average Bonchev–Trinajstić information content (AvgIpc) is 2.62. The minimum atomic E-state index is -1.09. The third-order valence-electron chi connectivity index (χ3n) is 1.80. The van der Waals surface area contributed by atoms with Gasteiger partial charge in [-0.2, -0.15) is 0 Å². The molecule has 0 aliphatic heterocycles. The van der Waals surface area contributed by atoms with Gasteiger partial charge >= 0.3 is 5.97 Å². The standard InChI is InChI=1S/C10H12N2O4/c1-3-4-12(6-9(13)14)10(15)8-5-7(2)11-16-8/h3,5H,1,4,6H2,2H3,(H,13,14). The van der Waals surface area contributed by atoms with Crippen LogP contribution in [-0.2, 0) is 4.79 Å². The van der Waals surface area contributed by atoms with Crippen molar-refractivity contribution in [2.75, 3.05) is 13.1 Å². The highest BCUT2D eigenvalue weighted by atomic mass is 16.5. The van der Waals surface area contributed by atoms with Gasteiger partial charge in [0.05, 0.1) is 5.69 Å². The molecule has 0 atom stereocenters. The Bertz CT molecular complexity index is 411. The first-order valence-electron chi connectivity index (χ1n) is 4.60. The van der Waals surface area contributed by atoms with Gasteiger partial charge in [-0.25, -0.2) is 0 Å². The number of aromatic nitrogens is 1. The molecule has 6 nitrogen and oxygen atoms in total. The molecule has 0 saturated carbocycles. The maximum Gasteiger partial charge on any atom is 0.323 e. The second-order valence-electron chi connectivity index (χ2n) is 3.20. The summed E-state index contributed by atoms with van der Waals surface area (Å²) >= 11 is 0. The summed E-state index contributed by atoms with van der Waals surface area (Å²) in [6.07, 6.45) is 1.45. The molecule has 1 heterocycles. The number of carbonyl (C=O) groups is 2. The molecular formula is C10H12N2O4. The summed E-state index contributed by atoms with van der Waals surface area (Å²) < 4.78 is 4.77. The summed E-state index contributed by atoms with van der Waals surface area (Å²) in [4.78, 5) is 23.4. The number of carbonyl (C=O) groups excluding carboxylic acids is 1. The van der Waals surface area contributed by atoms with E-state index in [1.165, 1.54) is 12.1 Å². The Labute approximate surface area is 92.1 Å². The molecule has 0 saturated heterocycles. The van der Waals surface area contributed by atoms with Gasteiger partial charge in [-0.1, -0.05) is 11.2 Å². The lowest BCUT2D eigenvalue weighted by Crippen LogP contribution is -2.35. The molecule has 0 radical (unpaired) electrons. The quantitative estimate of drug-likeness (QED) is 0.744. The predicted molar refractivity (Wildman–Crippen MR) is 55.0 cm³/mol. The molecule has 1 amide bonds. The van der Waals surface area contributed by atoms with Crippen LogP contribution in [0.4, 0.5) is 0 Å². The topological polar surface area (TPSA) is 83.6 Å². The highest BCUT2D eigenvalue weighted by molar-refractivity contribution is 5.93. The molecule has 1 aromatic heterocycles. The van der Waals surface area contributed by atoms with E-state index in [1.54, 1.807) is 6.92 Å².